The lowest BCUT2D eigenvalue weighted by molar-refractivity contribution is -0.199. The summed E-state index contributed by atoms with van der Waals surface area (Å²) in [5.41, 5.74) is -0.224. The van der Waals surface area contributed by atoms with Gasteiger partial charge in [-0.3, -0.25) is 9.69 Å². The van der Waals surface area contributed by atoms with E-state index in [0.717, 1.165) is 18.4 Å². The Bertz CT molecular complexity index is 1430. The normalized spacial score (nSPS) is 32.2. The predicted octanol–water partition coefficient (Wildman–Crippen LogP) is 5.15. The maximum absolute atomic E-state index is 13.9. The fraction of sp³-hybridized carbons (Fsp3) is 0.686. The van der Waals surface area contributed by atoms with Crippen LogP contribution in [0.25, 0.3) is 0 Å². The summed E-state index contributed by atoms with van der Waals surface area (Å²) in [6.45, 7) is 10.5. The van der Waals surface area contributed by atoms with E-state index in [9.17, 15) is 23.6 Å². The van der Waals surface area contributed by atoms with Crippen LogP contribution in [0.15, 0.2) is 42.0 Å². The van der Waals surface area contributed by atoms with E-state index in [1.807, 2.05) is 36.4 Å². The number of nitrogens with zero attached hydrogens (tertiary/aromatic N) is 3. The van der Waals surface area contributed by atoms with Crippen LogP contribution in [0.3, 0.4) is 0 Å². The number of alkyl halides is 2. The zero-order valence-electron chi connectivity index (χ0n) is 28.1. The van der Waals surface area contributed by atoms with Crippen molar-refractivity contribution in [1.29, 1.82) is 5.26 Å². The first-order chi connectivity index (χ1) is 22.1. The predicted molar refractivity (Wildman–Crippen MR) is 172 cm³/mol. The van der Waals surface area contributed by atoms with Gasteiger partial charge in [0.05, 0.1) is 30.7 Å². The zero-order chi connectivity index (χ0) is 33.8. The maximum atomic E-state index is 13.9. The third kappa shape index (κ3) is 6.68. The number of hydrogen-bond donors (Lipinski definition) is 1. The van der Waals surface area contributed by atoms with Gasteiger partial charge >= 0.3 is 13.2 Å². The number of hydrogen-bond acceptors (Lipinski definition) is 7. The molecule has 3 aliphatic carbocycles. The quantitative estimate of drug-likeness (QED) is 0.235. The summed E-state index contributed by atoms with van der Waals surface area (Å²) in [7, 11) is -0.639. The molecule has 1 aromatic rings. The fourth-order valence-electron chi connectivity index (χ4n) is 8.69. The first kappa shape index (κ1) is 33.9. The summed E-state index contributed by atoms with van der Waals surface area (Å²) < 4.78 is 46.9. The average Bonchev–Trinajstić information content (AvgIpc) is 3.58. The highest BCUT2D eigenvalue weighted by molar-refractivity contribution is 6.47. The van der Waals surface area contributed by atoms with Gasteiger partial charge < -0.3 is 24.3 Å². The molecule has 6 aliphatic rings. The molecule has 2 amide bonds. The third-order valence-electron chi connectivity index (χ3n) is 11.7. The highest BCUT2D eigenvalue weighted by atomic mass is 19.3. The molecule has 6 atom stereocenters. The van der Waals surface area contributed by atoms with Gasteiger partial charge in [0.15, 0.2) is 0 Å². The Morgan fingerprint density at radius 3 is 2.62 bits per heavy atom. The number of amides is 2. The van der Waals surface area contributed by atoms with Gasteiger partial charge in [0.2, 0.25) is 0 Å². The SMILES string of the molecule is CC1(C)[C@@H]2C[C@H]3OB([C@H](Cc4ccccc4)NC(=O)O[C@H]4CCCN(C(=O)/C(C#N)=C/C(C)(C)N5CCC(F)(F)C5)C4)O[C@@]3(C)[C@H]1C2. The van der Waals surface area contributed by atoms with Gasteiger partial charge in [-0.2, -0.15) is 5.26 Å². The molecule has 0 unspecified atom stereocenters. The second kappa shape index (κ2) is 12.5. The van der Waals surface area contributed by atoms with E-state index in [4.69, 9.17) is 14.0 Å². The number of nitrogens with one attached hydrogen (secondary N) is 1. The van der Waals surface area contributed by atoms with E-state index < -0.39 is 54.8 Å². The van der Waals surface area contributed by atoms with Crippen LogP contribution < -0.4 is 5.32 Å². The average molecular weight is 653 g/mol. The maximum Gasteiger partial charge on any atom is 0.482 e. The standard InChI is InChI=1S/C35H47BF2N4O5/c1-32(2,42-15-13-35(37,38)22-42)19-24(20-39)30(43)41-14-9-12-26(21-41)45-31(44)40-29(16-23-10-7-6-8-11-23)36-46-28-18-25-17-27(33(25,3)4)34(28,5)47-36/h6-8,10-11,19,25-29H,9,12-18,21-22H2,1-5H3,(H,40,44)/b24-19+/t25-,26-,27-,28+,29-,34-/m0/s1. The second-order valence-corrected chi connectivity index (χ2v) is 15.5. The first-order valence-electron chi connectivity index (χ1n) is 17.0. The minimum atomic E-state index is -2.79. The summed E-state index contributed by atoms with van der Waals surface area (Å²) in [4.78, 5) is 30.0. The number of alkyl carbamates (subject to hydrolysis) is 1. The molecule has 0 aromatic heterocycles. The molecular formula is C35H47BF2N4O5. The number of carbonyl (C=O) groups excluding carboxylic acids is 2. The molecule has 12 heteroatoms. The first-order valence-corrected chi connectivity index (χ1v) is 17.0. The summed E-state index contributed by atoms with van der Waals surface area (Å²) in [5, 5.41) is 12.9. The van der Waals surface area contributed by atoms with Crippen molar-refractivity contribution < 1.29 is 32.4 Å². The lowest BCUT2D eigenvalue weighted by Gasteiger charge is -2.64. The molecule has 3 saturated heterocycles. The molecule has 3 saturated carbocycles. The number of ether oxygens (including phenoxy) is 1. The highest BCUT2D eigenvalue weighted by Gasteiger charge is 2.68. The van der Waals surface area contributed by atoms with Crippen molar-refractivity contribution in [3.05, 3.63) is 47.5 Å². The monoisotopic (exact) mass is 652 g/mol. The van der Waals surface area contributed by atoms with E-state index in [1.54, 1.807) is 18.7 Å². The summed E-state index contributed by atoms with van der Waals surface area (Å²) >= 11 is 0. The van der Waals surface area contributed by atoms with Gasteiger partial charge in [-0.15, -0.1) is 0 Å². The Kier molecular flexibility index (Phi) is 8.98. The van der Waals surface area contributed by atoms with Crippen molar-refractivity contribution in [2.45, 2.75) is 108 Å². The highest BCUT2D eigenvalue weighted by Crippen LogP contribution is 2.65. The minimum absolute atomic E-state index is 0.0346. The van der Waals surface area contributed by atoms with Crippen LogP contribution in [0, 0.1) is 28.6 Å². The van der Waals surface area contributed by atoms with Crippen LogP contribution in [-0.4, -0.2) is 90.3 Å². The molecule has 0 radical (unpaired) electrons. The van der Waals surface area contributed by atoms with Gasteiger partial charge in [0.25, 0.3) is 11.8 Å². The molecule has 1 aromatic carbocycles. The number of piperidine rings is 1. The van der Waals surface area contributed by atoms with E-state index >= 15 is 0 Å². The van der Waals surface area contributed by atoms with Crippen molar-refractivity contribution in [2.75, 3.05) is 26.2 Å². The second-order valence-electron chi connectivity index (χ2n) is 15.5. The molecule has 3 aliphatic heterocycles. The van der Waals surface area contributed by atoms with Crippen LogP contribution >= 0.6 is 0 Å². The minimum Gasteiger partial charge on any atom is -0.444 e. The Morgan fingerprint density at radius 1 is 1.21 bits per heavy atom. The van der Waals surface area contributed by atoms with E-state index in [-0.39, 0.29) is 36.6 Å². The lowest BCUT2D eigenvalue weighted by atomic mass is 9.43. The summed E-state index contributed by atoms with van der Waals surface area (Å²) in [5.74, 6) is -2.80. The topological polar surface area (TPSA) is 104 Å². The van der Waals surface area contributed by atoms with Crippen LogP contribution in [0.1, 0.15) is 72.3 Å². The summed E-state index contributed by atoms with van der Waals surface area (Å²) in [6.07, 6.45) is 3.71. The number of likely N-dealkylation sites (tertiary alicyclic amines) is 2. The molecule has 0 spiro atoms. The molecular weight excluding hydrogens is 605 g/mol. The molecule has 9 nitrogen and oxygen atoms in total. The van der Waals surface area contributed by atoms with Gasteiger partial charge in [0, 0.05) is 25.0 Å². The van der Waals surface area contributed by atoms with Gasteiger partial charge in [0.1, 0.15) is 17.7 Å². The number of halogens is 2. The third-order valence-corrected chi connectivity index (χ3v) is 11.7. The Labute approximate surface area is 277 Å². The molecule has 47 heavy (non-hydrogen) atoms. The molecule has 6 fully saturated rings. The fourth-order valence-corrected chi connectivity index (χ4v) is 8.69. The largest absolute Gasteiger partial charge is 0.482 e. The molecule has 7 rings (SSSR count). The number of carbonyl (C=O) groups is 2. The molecule has 1 N–H and O–H groups in total. The Hall–Kier alpha value is -3.01. The lowest BCUT2D eigenvalue weighted by Crippen LogP contribution is -2.65. The van der Waals surface area contributed by atoms with Crippen LogP contribution in [0.4, 0.5) is 13.6 Å². The van der Waals surface area contributed by atoms with Crippen LogP contribution in [-0.2, 0) is 25.3 Å². The molecule has 2 bridgehead atoms. The van der Waals surface area contributed by atoms with Crippen molar-refractivity contribution >= 4 is 19.1 Å². The summed E-state index contributed by atoms with van der Waals surface area (Å²) in [6, 6.07) is 11.8. The van der Waals surface area contributed by atoms with Crippen molar-refractivity contribution in [3.8, 4) is 6.07 Å². The van der Waals surface area contributed by atoms with Gasteiger partial charge in [-0.05, 0) is 81.8 Å². The van der Waals surface area contributed by atoms with Crippen molar-refractivity contribution in [1.82, 2.24) is 15.1 Å². The number of nitriles is 1. The van der Waals surface area contributed by atoms with Crippen LogP contribution in [0.5, 0.6) is 0 Å². The van der Waals surface area contributed by atoms with Gasteiger partial charge in [-0.1, -0.05) is 44.2 Å². The smallest absolute Gasteiger partial charge is 0.444 e. The van der Waals surface area contributed by atoms with E-state index in [1.165, 1.54) is 11.0 Å². The van der Waals surface area contributed by atoms with Crippen molar-refractivity contribution in [3.63, 3.8) is 0 Å². The van der Waals surface area contributed by atoms with Gasteiger partial charge in [-0.25, -0.2) is 13.6 Å². The zero-order valence-corrected chi connectivity index (χ0v) is 28.1. The Morgan fingerprint density at radius 2 is 1.96 bits per heavy atom. The van der Waals surface area contributed by atoms with Crippen molar-refractivity contribution in [2.24, 2.45) is 17.3 Å². The number of rotatable bonds is 8. The Balaban J connectivity index is 1.10. The van der Waals surface area contributed by atoms with E-state index in [2.05, 4.69) is 26.1 Å². The van der Waals surface area contributed by atoms with E-state index in [0.29, 0.717) is 37.6 Å². The van der Waals surface area contributed by atoms with Crippen LogP contribution in [0.2, 0.25) is 0 Å². The number of benzene rings is 1. The molecule has 254 valence electrons. The molecule has 3 heterocycles.